The summed E-state index contributed by atoms with van der Waals surface area (Å²) in [4.78, 5) is 12.5. The van der Waals surface area contributed by atoms with Crippen molar-refractivity contribution in [3.63, 3.8) is 0 Å². The lowest BCUT2D eigenvalue weighted by Crippen LogP contribution is -2.52. The maximum absolute atomic E-state index is 14.1. The SMILES string of the molecule is CCSC1=NCN(c2ncn(C)n2)C(C)N1Cc1cc(F)c(F)cc1F. The van der Waals surface area contributed by atoms with Crippen LogP contribution in [0.15, 0.2) is 23.5 Å². The van der Waals surface area contributed by atoms with Gasteiger partial charge in [-0.2, -0.15) is 0 Å². The lowest BCUT2D eigenvalue weighted by atomic mass is 10.1. The largest absolute Gasteiger partial charge is 0.327 e. The smallest absolute Gasteiger partial charge is 0.247 e. The predicted octanol–water partition coefficient (Wildman–Crippen LogP) is 2.97. The second-order valence-electron chi connectivity index (χ2n) is 5.82. The van der Waals surface area contributed by atoms with E-state index in [4.69, 9.17) is 0 Å². The summed E-state index contributed by atoms with van der Waals surface area (Å²) < 4.78 is 42.5. The van der Waals surface area contributed by atoms with E-state index < -0.39 is 17.5 Å². The molecule has 1 atom stereocenters. The second-order valence-corrected chi connectivity index (χ2v) is 7.05. The standard InChI is InChI=1S/C16H19F3N6S/c1-4-26-16-21-9-25(15-20-8-23(3)22-15)10(2)24(16)7-11-5-13(18)14(19)6-12(11)17/h5-6,8,10H,4,7,9H2,1-3H3. The van der Waals surface area contributed by atoms with Gasteiger partial charge >= 0.3 is 0 Å². The minimum absolute atomic E-state index is 0.0549. The van der Waals surface area contributed by atoms with Crippen molar-refractivity contribution in [2.24, 2.45) is 12.0 Å². The van der Waals surface area contributed by atoms with Gasteiger partial charge in [-0.3, -0.25) is 9.58 Å². The molecule has 0 N–H and O–H groups in total. The summed E-state index contributed by atoms with van der Waals surface area (Å²) in [5.41, 5.74) is 0.0657. The van der Waals surface area contributed by atoms with Crippen molar-refractivity contribution in [2.75, 3.05) is 17.3 Å². The first-order chi connectivity index (χ1) is 12.4. The van der Waals surface area contributed by atoms with E-state index in [0.717, 1.165) is 17.0 Å². The Morgan fingerprint density at radius 3 is 2.58 bits per heavy atom. The summed E-state index contributed by atoms with van der Waals surface area (Å²) in [6.45, 7) is 4.32. The van der Waals surface area contributed by atoms with Gasteiger partial charge in [-0.15, -0.1) is 5.10 Å². The first-order valence-corrected chi connectivity index (χ1v) is 9.08. The average molecular weight is 384 g/mol. The number of nitrogens with zero attached hydrogens (tertiary/aromatic N) is 6. The van der Waals surface area contributed by atoms with E-state index >= 15 is 0 Å². The monoisotopic (exact) mass is 384 g/mol. The highest BCUT2D eigenvalue weighted by Gasteiger charge is 2.31. The Balaban J connectivity index is 1.92. The van der Waals surface area contributed by atoms with Crippen LogP contribution >= 0.6 is 11.8 Å². The Hall–Kier alpha value is -2.23. The number of hydrogen-bond acceptors (Lipinski definition) is 6. The summed E-state index contributed by atoms with van der Waals surface area (Å²) in [5.74, 6) is -1.78. The third kappa shape index (κ3) is 3.64. The van der Waals surface area contributed by atoms with Gasteiger partial charge in [0.1, 0.15) is 25.0 Å². The molecule has 6 nitrogen and oxygen atoms in total. The van der Waals surface area contributed by atoms with Crippen molar-refractivity contribution in [1.29, 1.82) is 0 Å². The molecular weight excluding hydrogens is 365 g/mol. The molecule has 10 heteroatoms. The fourth-order valence-corrected chi connectivity index (χ4v) is 3.48. The molecule has 0 bridgehead atoms. The van der Waals surface area contributed by atoms with E-state index in [9.17, 15) is 13.2 Å². The van der Waals surface area contributed by atoms with E-state index in [2.05, 4.69) is 15.1 Å². The van der Waals surface area contributed by atoms with Gasteiger partial charge in [0.25, 0.3) is 0 Å². The van der Waals surface area contributed by atoms with E-state index in [1.165, 1.54) is 11.8 Å². The fourth-order valence-electron chi connectivity index (χ4n) is 2.69. The highest BCUT2D eigenvalue weighted by Crippen LogP contribution is 2.26. The molecule has 1 aromatic carbocycles. The average Bonchev–Trinajstić information content (AvgIpc) is 3.02. The molecule has 0 radical (unpaired) electrons. The van der Waals surface area contributed by atoms with Crippen LogP contribution in [0.5, 0.6) is 0 Å². The quantitative estimate of drug-likeness (QED) is 0.759. The highest BCUT2D eigenvalue weighted by molar-refractivity contribution is 8.13. The van der Waals surface area contributed by atoms with Crippen molar-refractivity contribution >= 4 is 22.9 Å². The van der Waals surface area contributed by atoms with Crippen LogP contribution < -0.4 is 4.90 Å². The number of aryl methyl sites for hydroxylation is 1. The molecule has 1 aliphatic rings. The lowest BCUT2D eigenvalue weighted by Gasteiger charge is -2.41. The molecule has 1 aromatic heterocycles. The van der Waals surface area contributed by atoms with E-state index in [1.807, 2.05) is 23.6 Å². The molecule has 0 aliphatic carbocycles. The van der Waals surface area contributed by atoms with Crippen molar-refractivity contribution < 1.29 is 13.2 Å². The zero-order valence-electron chi connectivity index (χ0n) is 14.7. The molecule has 2 heterocycles. The Morgan fingerprint density at radius 1 is 1.19 bits per heavy atom. The summed E-state index contributed by atoms with van der Waals surface area (Å²) in [5, 5.41) is 5.00. The zero-order chi connectivity index (χ0) is 18.8. The number of rotatable bonds is 4. The van der Waals surface area contributed by atoms with Crippen molar-refractivity contribution in [3.05, 3.63) is 41.5 Å². The normalized spacial score (nSPS) is 17.6. The third-order valence-corrected chi connectivity index (χ3v) is 4.96. The van der Waals surface area contributed by atoms with Crippen LogP contribution in [-0.2, 0) is 13.6 Å². The minimum Gasteiger partial charge on any atom is -0.327 e. The molecule has 0 amide bonds. The molecule has 1 aliphatic heterocycles. The number of thioether (sulfide) groups is 1. The molecule has 0 saturated carbocycles. The van der Waals surface area contributed by atoms with Crippen LogP contribution in [0.1, 0.15) is 19.4 Å². The second kappa shape index (κ2) is 7.56. The molecule has 2 aromatic rings. The van der Waals surface area contributed by atoms with E-state index in [0.29, 0.717) is 18.7 Å². The molecule has 1 unspecified atom stereocenters. The Labute approximate surface area is 153 Å². The molecular formula is C16H19F3N6S. The number of hydrogen-bond donors (Lipinski definition) is 0. The highest BCUT2D eigenvalue weighted by atomic mass is 32.2. The van der Waals surface area contributed by atoms with E-state index in [1.54, 1.807) is 18.1 Å². The molecule has 0 spiro atoms. The van der Waals surface area contributed by atoms with E-state index in [-0.39, 0.29) is 18.3 Å². The molecule has 140 valence electrons. The minimum atomic E-state index is -1.20. The van der Waals surface area contributed by atoms with Gasteiger partial charge in [-0.05, 0) is 18.7 Å². The topological polar surface area (TPSA) is 49.6 Å². The van der Waals surface area contributed by atoms with Crippen LogP contribution in [0.3, 0.4) is 0 Å². The molecule has 26 heavy (non-hydrogen) atoms. The van der Waals surface area contributed by atoms with Gasteiger partial charge < -0.3 is 4.90 Å². The van der Waals surface area contributed by atoms with Crippen molar-refractivity contribution in [2.45, 2.75) is 26.6 Å². The first-order valence-electron chi connectivity index (χ1n) is 8.10. The number of anilines is 1. The number of aromatic nitrogens is 3. The summed E-state index contributed by atoms with van der Waals surface area (Å²) in [6, 6.07) is 1.46. The summed E-state index contributed by atoms with van der Waals surface area (Å²) in [6.07, 6.45) is 1.35. The van der Waals surface area contributed by atoms with Crippen LogP contribution in [0.25, 0.3) is 0 Å². The lowest BCUT2D eigenvalue weighted by molar-refractivity contribution is 0.294. The molecule has 0 fully saturated rings. The number of halogens is 3. The van der Waals surface area contributed by atoms with Crippen molar-refractivity contribution in [1.82, 2.24) is 19.7 Å². The molecule has 3 rings (SSSR count). The zero-order valence-corrected chi connectivity index (χ0v) is 15.5. The van der Waals surface area contributed by atoms with Gasteiger partial charge in [-0.25, -0.2) is 23.1 Å². The van der Waals surface area contributed by atoms with Gasteiger partial charge in [0, 0.05) is 25.2 Å². The Kier molecular flexibility index (Phi) is 5.40. The van der Waals surface area contributed by atoms with Crippen molar-refractivity contribution in [3.8, 4) is 0 Å². The van der Waals surface area contributed by atoms with Gasteiger partial charge in [-0.1, -0.05) is 18.7 Å². The summed E-state index contributed by atoms with van der Waals surface area (Å²) in [7, 11) is 1.77. The third-order valence-electron chi connectivity index (χ3n) is 4.05. The summed E-state index contributed by atoms with van der Waals surface area (Å²) >= 11 is 1.51. The van der Waals surface area contributed by atoms with Crippen LogP contribution in [0, 0.1) is 17.5 Å². The Morgan fingerprint density at radius 2 is 1.92 bits per heavy atom. The fraction of sp³-hybridized carbons (Fsp3) is 0.438. The molecule has 0 saturated heterocycles. The predicted molar refractivity (Wildman–Crippen MR) is 95.2 cm³/mol. The number of benzene rings is 1. The maximum Gasteiger partial charge on any atom is 0.247 e. The van der Waals surface area contributed by atoms with Crippen LogP contribution in [-0.4, -0.2) is 43.4 Å². The van der Waals surface area contributed by atoms with Gasteiger partial charge in [0.15, 0.2) is 16.8 Å². The van der Waals surface area contributed by atoms with Crippen LogP contribution in [0.4, 0.5) is 19.1 Å². The maximum atomic E-state index is 14.1. The first kappa shape index (κ1) is 18.6. The van der Waals surface area contributed by atoms with Gasteiger partial charge in [0.2, 0.25) is 5.95 Å². The van der Waals surface area contributed by atoms with Crippen LogP contribution in [0.2, 0.25) is 0 Å². The number of amidine groups is 1. The number of aliphatic imine (C=N–C) groups is 1. The Bertz CT molecular complexity index is 824. The van der Waals surface area contributed by atoms with Gasteiger partial charge in [0.05, 0.1) is 0 Å².